The summed E-state index contributed by atoms with van der Waals surface area (Å²) in [5, 5.41) is 16.2. The molecule has 0 aliphatic heterocycles. The van der Waals surface area contributed by atoms with E-state index < -0.39 is 7.14 Å². The molecule has 4 aromatic carbocycles. The van der Waals surface area contributed by atoms with Gasteiger partial charge in [0.25, 0.3) is 0 Å². The summed E-state index contributed by atoms with van der Waals surface area (Å²) < 4.78 is 14.5. The topological polar surface area (TPSA) is 37.3 Å². The fourth-order valence-electron chi connectivity index (χ4n) is 4.56. The molecule has 0 aromatic heterocycles. The van der Waals surface area contributed by atoms with E-state index in [0.717, 1.165) is 76.0 Å². The van der Waals surface area contributed by atoms with Crippen molar-refractivity contribution in [3.05, 3.63) is 72.8 Å². The third-order valence-electron chi connectivity index (χ3n) is 6.25. The molecule has 0 saturated carbocycles. The number of unbranched alkanes of at least 4 members (excludes halogenated alkanes) is 2. The van der Waals surface area contributed by atoms with Gasteiger partial charge in [0.1, 0.15) is 12.9 Å². The lowest BCUT2D eigenvalue weighted by atomic mass is 9.93. The van der Waals surface area contributed by atoms with Gasteiger partial charge in [0.05, 0.1) is 0 Å². The summed E-state index contributed by atoms with van der Waals surface area (Å²) in [5.74, 6) is 0.244. The number of rotatable bonds is 8. The van der Waals surface area contributed by atoms with Crippen LogP contribution in [0, 0.1) is 0 Å². The van der Waals surface area contributed by atoms with Crippen LogP contribution in [0.1, 0.15) is 39.5 Å². The van der Waals surface area contributed by atoms with Crippen molar-refractivity contribution >= 4 is 34.0 Å². The summed E-state index contributed by atoms with van der Waals surface area (Å²) in [6.45, 7) is 4.31. The number of hydrogen-bond donors (Lipinski definition) is 1. The lowest BCUT2D eigenvalue weighted by Crippen LogP contribution is -2.15. The Morgan fingerprint density at radius 1 is 0.677 bits per heavy atom. The predicted octanol–water partition coefficient (Wildman–Crippen LogP) is 7.95. The SMILES string of the molecule is CCCCP(=O)(CCCC)c1ccc2ccccc2c1-c1c(O)ccc2ccccc12. The van der Waals surface area contributed by atoms with Crippen LogP contribution in [0.4, 0.5) is 0 Å². The number of benzene rings is 4. The first kappa shape index (κ1) is 21.7. The second-order valence-corrected chi connectivity index (χ2v) is 11.6. The van der Waals surface area contributed by atoms with Gasteiger partial charge < -0.3 is 9.67 Å². The highest BCUT2D eigenvalue weighted by atomic mass is 31.2. The Bertz CT molecular complexity index is 1250. The molecule has 0 spiro atoms. The molecule has 2 nitrogen and oxygen atoms in total. The third-order valence-corrected chi connectivity index (χ3v) is 9.58. The fraction of sp³-hybridized carbons (Fsp3) is 0.286. The van der Waals surface area contributed by atoms with E-state index in [0.29, 0.717) is 0 Å². The van der Waals surface area contributed by atoms with Crippen molar-refractivity contribution in [2.45, 2.75) is 39.5 Å². The van der Waals surface area contributed by atoms with E-state index in [2.05, 4.69) is 50.2 Å². The summed E-state index contributed by atoms with van der Waals surface area (Å²) in [7, 11) is -2.62. The number of fused-ring (bicyclic) bond motifs is 2. The van der Waals surface area contributed by atoms with Gasteiger partial charge in [-0.2, -0.15) is 0 Å². The van der Waals surface area contributed by atoms with E-state index in [9.17, 15) is 9.67 Å². The maximum atomic E-state index is 14.5. The van der Waals surface area contributed by atoms with Crippen LogP contribution < -0.4 is 5.30 Å². The minimum Gasteiger partial charge on any atom is -0.507 e. The maximum absolute atomic E-state index is 14.5. The Morgan fingerprint density at radius 3 is 1.77 bits per heavy atom. The third kappa shape index (κ3) is 4.14. The average Bonchev–Trinajstić information content (AvgIpc) is 2.81. The molecule has 0 heterocycles. The molecule has 0 aliphatic carbocycles. The van der Waals surface area contributed by atoms with E-state index in [1.54, 1.807) is 6.07 Å². The summed E-state index contributed by atoms with van der Waals surface area (Å²) in [5.41, 5.74) is 1.75. The van der Waals surface area contributed by atoms with Crippen LogP contribution in [-0.4, -0.2) is 17.4 Å². The number of aromatic hydroxyl groups is 1. The Morgan fingerprint density at radius 2 is 1.19 bits per heavy atom. The minimum absolute atomic E-state index is 0.244. The Balaban J connectivity index is 2.10. The van der Waals surface area contributed by atoms with Gasteiger partial charge in [0.15, 0.2) is 0 Å². The van der Waals surface area contributed by atoms with Crippen molar-refractivity contribution < 1.29 is 9.67 Å². The smallest absolute Gasteiger partial charge is 0.124 e. The average molecular weight is 431 g/mol. The van der Waals surface area contributed by atoms with E-state index >= 15 is 0 Å². The number of hydrogen-bond acceptors (Lipinski definition) is 2. The van der Waals surface area contributed by atoms with Gasteiger partial charge in [-0.15, -0.1) is 0 Å². The van der Waals surface area contributed by atoms with Gasteiger partial charge in [-0.25, -0.2) is 0 Å². The van der Waals surface area contributed by atoms with Crippen LogP contribution >= 0.6 is 7.14 Å². The molecule has 4 rings (SSSR count). The first-order valence-corrected chi connectivity index (χ1v) is 13.5. The highest BCUT2D eigenvalue weighted by molar-refractivity contribution is 7.71. The van der Waals surface area contributed by atoms with Crippen LogP contribution in [0.5, 0.6) is 5.75 Å². The molecule has 0 fully saturated rings. The zero-order valence-electron chi connectivity index (χ0n) is 18.5. The molecule has 31 heavy (non-hydrogen) atoms. The molecule has 0 bridgehead atoms. The maximum Gasteiger partial charge on any atom is 0.124 e. The van der Waals surface area contributed by atoms with Crippen molar-refractivity contribution in [2.24, 2.45) is 0 Å². The van der Waals surface area contributed by atoms with E-state index in [1.165, 1.54) is 0 Å². The van der Waals surface area contributed by atoms with Crippen LogP contribution in [0.2, 0.25) is 0 Å². The van der Waals surface area contributed by atoms with Crippen molar-refractivity contribution in [1.29, 1.82) is 0 Å². The Hall–Kier alpha value is -2.57. The highest BCUT2D eigenvalue weighted by Crippen LogP contribution is 2.51. The quantitative estimate of drug-likeness (QED) is 0.288. The first-order valence-electron chi connectivity index (χ1n) is 11.4. The van der Waals surface area contributed by atoms with E-state index in [-0.39, 0.29) is 5.75 Å². The molecule has 0 amide bonds. The molecule has 0 saturated heterocycles. The molecule has 0 aliphatic rings. The van der Waals surface area contributed by atoms with Crippen molar-refractivity contribution in [1.82, 2.24) is 0 Å². The first-order chi connectivity index (χ1) is 15.1. The van der Waals surface area contributed by atoms with Crippen molar-refractivity contribution in [3.63, 3.8) is 0 Å². The molecule has 0 unspecified atom stereocenters. The molecule has 0 atom stereocenters. The van der Waals surface area contributed by atoms with Crippen molar-refractivity contribution in [3.8, 4) is 16.9 Å². The zero-order valence-corrected chi connectivity index (χ0v) is 19.4. The molecule has 160 valence electrons. The van der Waals surface area contributed by atoms with Gasteiger partial charge >= 0.3 is 0 Å². The number of phenols is 1. The van der Waals surface area contributed by atoms with Crippen LogP contribution in [-0.2, 0) is 4.57 Å². The summed E-state index contributed by atoms with van der Waals surface area (Å²) in [4.78, 5) is 0. The van der Waals surface area contributed by atoms with E-state index in [1.807, 2.05) is 30.3 Å². The summed E-state index contributed by atoms with van der Waals surface area (Å²) in [6.07, 6.45) is 5.40. The lowest BCUT2D eigenvalue weighted by molar-refractivity contribution is 0.478. The van der Waals surface area contributed by atoms with Crippen LogP contribution in [0.25, 0.3) is 32.7 Å². The van der Waals surface area contributed by atoms with Gasteiger partial charge in [0, 0.05) is 28.8 Å². The Kier molecular flexibility index (Phi) is 6.49. The van der Waals surface area contributed by atoms with Crippen LogP contribution in [0.3, 0.4) is 0 Å². The van der Waals surface area contributed by atoms with Crippen molar-refractivity contribution in [2.75, 3.05) is 12.3 Å². The summed E-state index contributed by atoms with van der Waals surface area (Å²) >= 11 is 0. The zero-order chi connectivity index (χ0) is 21.8. The fourth-order valence-corrected chi connectivity index (χ4v) is 7.91. The molecule has 1 N–H and O–H groups in total. The van der Waals surface area contributed by atoms with Gasteiger partial charge in [-0.1, -0.05) is 93.4 Å². The van der Waals surface area contributed by atoms with Gasteiger partial charge in [-0.05, 0) is 40.5 Å². The van der Waals surface area contributed by atoms with E-state index in [4.69, 9.17) is 0 Å². The summed E-state index contributed by atoms with van der Waals surface area (Å²) in [6, 6.07) is 24.3. The second kappa shape index (κ2) is 9.28. The van der Waals surface area contributed by atoms with Gasteiger partial charge in [0.2, 0.25) is 0 Å². The molecule has 4 aromatic rings. The second-order valence-electron chi connectivity index (χ2n) is 8.41. The minimum atomic E-state index is -2.62. The normalized spacial score (nSPS) is 11.9. The Labute approximate surface area is 185 Å². The predicted molar refractivity (Wildman–Crippen MR) is 135 cm³/mol. The lowest BCUT2D eigenvalue weighted by Gasteiger charge is -2.24. The molecular formula is C28H31O2P. The van der Waals surface area contributed by atoms with Gasteiger partial charge in [-0.3, -0.25) is 0 Å². The van der Waals surface area contributed by atoms with Crippen LogP contribution in [0.15, 0.2) is 72.8 Å². The standard InChI is InChI=1S/C28H31O2P/c1-3-5-19-31(30,20-6-4-2)26-18-16-22-12-8-10-14-24(22)28(26)27-23-13-9-7-11-21(23)15-17-25(27)29/h7-18,29H,3-6,19-20H2,1-2H3. The molecular weight excluding hydrogens is 399 g/mol. The number of phenolic OH excluding ortho intramolecular Hbond substituents is 1. The molecule has 0 radical (unpaired) electrons. The monoisotopic (exact) mass is 430 g/mol. The highest BCUT2D eigenvalue weighted by Gasteiger charge is 2.29. The largest absolute Gasteiger partial charge is 0.507 e. The molecule has 3 heteroatoms.